The van der Waals surface area contributed by atoms with Gasteiger partial charge in [0.2, 0.25) is 0 Å². The van der Waals surface area contributed by atoms with E-state index in [1.165, 1.54) is 0 Å². The van der Waals surface area contributed by atoms with Crippen molar-refractivity contribution in [3.05, 3.63) is 57.5 Å². The van der Waals surface area contributed by atoms with Crippen LogP contribution in [0.15, 0.2) is 46.9 Å². The van der Waals surface area contributed by atoms with Crippen molar-refractivity contribution in [3.8, 4) is 0 Å². The lowest BCUT2D eigenvalue weighted by molar-refractivity contribution is -0.132. The fraction of sp³-hybridized carbons (Fsp3) is 0.0667. The summed E-state index contributed by atoms with van der Waals surface area (Å²) in [5.41, 5.74) is 1.91. The Morgan fingerprint density at radius 3 is 2.05 bits per heavy atom. The maximum absolute atomic E-state index is 11.8. The van der Waals surface area contributed by atoms with E-state index >= 15 is 0 Å². The Hall–Kier alpha value is -1.85. The molecular formula is C15H12BrClN2O2. The molecule has 0 aromatic heterocycles. The lowest BCUT2D eigenvalue weighted by atomic mass is 10.2. The van der Waals surface area contributed by atoms with Gasteiger partial charge in [0.15, 0.2) is 0 Å². The van der Waals surface area contributed by atoms with Crippen LogP contribution in [-0.4, -0.2) is 11.8 Å². The van der Waals surface area contributed by atoms with Gasteiger partial charge in [-0.25, -0.2) is 0 Å². The molecule has 0 aliphatic rings. The molecule has 2 aromatic carbocycles. The number of hydrogen-bond donors (Lipinski definition) is 2. The maximum atomic E-state index is 11.8. The summed E-state index contributed by atoms with van der Waals surface area (Å²) in [5, 5.41) is 5.54. The average molecular weight is 368 g/mol. The molecule has 0 saturated heterocycles. The maximum Gasteiger partial charge on any atom is 0.314 e. The second kappa shape index (κ2) is 6.74. The van der Waals surface area contributed by atoms with Gasteiger partial charge in [-0.3, -0.25) is 9.59 Å². The minimum absolute atomic E-state index is 0.474. The minimum atomic E-state index is -0.752. The zero-order valence-corrected chi connectivity index (χ0v) is 13.5. The highest BCUT2D eigenvalue weighted by molar-refractivity contribution is 9.10. The number of anilines is 2. The van der Waals surface area contributed by atoms with E-state index in [0.29, 0.717) is 16.4 Å². The van der Waals surface area contributed by atoms with E-state index in [1.807, 2.05) is 6.92 Å². The van der Waals surface area contributed by atoms with Crippen LogP contribution >= 0.6 is 27.5 Å². The number of carbonyl (C=O) groups is 2. The molecule has 2 aromatic rings. The van der Waals surface area contributed by atoms with Gasteiger partial charge in [0.25, 0.3) is 0 Å². The summed E-state index contributed by atoms with van der Waals surface area (Å²) in [6.07, 6.45) is 0. The Kier molecular flexibility index (Phi) is 4.98. The molecule has 0 radical (unpaired) electrons. The smallest absolute Gasteiger partial charge is 0.314 e. The summed E-state index contributed by atoms with van der Waals surface area (Å²) in [7, 11) is 0. The summed E-state index contributed by atoms with van der Waals surface area (Å²) >= 11 is 9.26. The molecule has 4 nitrogen and oxygen atoms in total. The standard InChI is InChI=1S/C15H12BrClN2O2/c1-9-2-5-12(8-13(9)17)19-15(21)14(20)18-11-6-3-10(16)4-7-11/h2-8H,1H3,(H,18,20)(H,19,21). The van der Waals surface area contributed by atoms with Crippen LogP contribution in [0.2, 0.25) is 5.02 Å². The van der Waals surface area contributed by atoms with Crippen molar-refractivity contribution in [2.75, 3.05) is 10.6 Å². The molecular weight excluding hydrogens is 356 g/mol. The van der Waals surface area contributed by atoms with E-state index in [0.717, 1.165) is 10.0 Å². The quantitative estimate of drug-likeness (QED) is 0.789. The minimum Gasteiger partial charge on any atom is -0.318 e. The number of halogens is 2. The highest BCUT2D eigenvalue weighted by Gasteiger charge is 2.14. The molecule has 0 aliphatic carbocycles. The zero-order chi connectivity index (χ0) is 15.4. The van der Waals surface area contributed by atoms with Gasteiger partial charge in [-0.05, 0) is 48.9 Å². The summed E-state index contributed by atoms with van der Waals surface area (Å²) in [6, 6.07) is 12.0. The first-order valence-corrected chi connectivity index (χ1v) is 7.27. The van der Waals surface area contributed by atoms with Gasteiger partial charge in [0.1, 0.15) is 0 Å². The summed E-state index contributed by atoms with van der Waals surface area (Å²) in [4.78, 5) is 23.6. The van der Waals surface area contributed by atoms with E-state index < -0.39 is 11.8 Å². The monoisotopic (exact) mass is 366 g/mol. The highest BCUT2D eigenvalue weighted by Crippen LogP contribution is 2.20. The normalized spacial score (nSPS) is 10.0. The number of carbonyl (C=O) groups excluding carboxylic acids is 2. The van der Waals surface area contributed by atoms with E-state index in [4.69, 9.17) is 11.6 Å². The van der Waals surface area contributed by atoms with Crippen LogP contribution in [-0.2, 0) is 9.59 Å². The van der Waals surface area contributed by atoms with Gasteiger partial charge in [-0.15, -0.1) is 0 Å². The van der Waals surface area contributed by atoms with Crippen LogP contribution in [0.5, 0.6) is 0 Å². The fourth-order valence-electron chi connectivity index (χ4n) is 1.58. The van der Waals surface area contributed by atoms with Crippen LogP contribution in [0.4, 0.5) is 11.4 Å². The second-order valence-electron chi connectivity index (χ2n) is 4.38. The first kappa shape index (κ1) is 15.5. The molecule has 0 heterocycles. The van der Waals surface area contributed by atoms with Gasteiger partial charge >= 0.3 is 11.8 Å². The lowest BCUT2D eigenvalue weighted by Crippen LogP contribution is -2.29. The van der Waals surface area contributed by atoms with Crippen molar-refractivity contribution in [2.24, 2.45) is 0 Å². The number of rotatable bonds is 2. The first-order chi connectivity index (χ1) is 9.95. The largest absolute Gasteiger partial charge is 0.318 e. The van der Waals surface area contributed by atoms with Gasteiger partial charge in [0.05, 0.1) is 0 Å². The van der Waals surface area contributed by atoms with Crippen LogP contribution in [0.3, 0.4) is 0 Å². The molecule has 2 N–H and O–H groups in total. The van der Waals surface area contributed by atoms with Crippen molar-refractivity contribution < 1.29 is 9.59 Å². The van der Waals surface area contributed by atoms with E-state index in [-0.39, 0.29) is 0 Å². The molecule has 108 valence electrons. The van der Waals surface area contributed by atoms with E-state index in [9.17, 15) is 9.59 Å². The molecule has 21 heavy (non-hydrogen) atoms. The first-order valence-electron chi connectivity index (χ1n) is 6.10. The van der Waals surface area contributed by atoms with Crippen molar-refractivity contribution in [3.63, 3.8) is 0 Å². The Balaban J connectivity index is 2.00. The lowest BCUT2D eigenvalue weighted by Gasteiger charge is -2.07. The predicted octanol–water partition coefficient (Wildman–Crippen LogP) is 3.99. The molecule has 0 unspecified atom stereocenters. The van der Waals surface area contributed by atoms with Crippen molar-refractivity contribution in [2.45, 2.75) is 6.92 Å². The molecule has 0 spiro atoms. The third kappa shape index (κ3) is 4.31. The van der Waals surface area contributed by atoms with Crippen LogP contribution < -0.4 is 10.6 Å². The van der Waals surface area contributed by atoms with Gasteiger partial charge in [-0.2, -0.15) is 0 Å². The van der Waals surface area contributed by atoms with Crippen molar-refractivity contribution in [1.82, 2.24) is 0 Å². The zero-order valence-electron chi connectivity index (χ0n) is 11.1. The van der Waals surface area contributed by atoms with Crippen LogP contribution in [0, 0.1) is 6.92 Å². The molecule has 2 rings (SSSR count). The predicted molar refractivity (Wildman–Crippen MR) is 87.6 cm³/mol. The molecule has 0 bridgehead atoms. The van der Waals surface area contributed by atoms with Crippen molar-refractivity contribution in [1.29, 1.82) is 0 Å². The van der Waals surface area contributed by atoms with Crippen LogP contribution in [0.25, 0.3) is 0 Å². The average Bonchev–Trinajstić information content (AvgIpc) is 2.45. The Labute approximate surface area is 135 Å². The number of aryl methyl sites for hydroxylation is 1. The molecule has 0 fully saturated rings. The van der Waals surface area contributed by atoms with Gasteiger partial charge in [0, 0.05) is 20.9 Å². The number of hydrogen-bond acceptors (Lipinski definition) is 2. The highest BCUT2D eigenvalue weighted by atomic mass is 79.9. The molecule has 0 atom stereocenters. The summed E-state index contributed by atoms with van der Waals surface area (Å²) < 4.78 is 0.888. The van der Waals surface area contributed by atoms with E-state index in [1.54, 1.807) is 42.5 Å². The third-order valence-electron chi connectivity index (χ3n) is 2.74. The number of amides is 2. The molecule has 0 saturated carbocycles. The second-order valence-corrected chi connectivity index (χ2v) is 5.70. The van der Waals surface area contributed by atoms with Crippen LogP contribution in [0.1, 0.15) is 5.56 Å². The van der Waals surface area contributed by atoms with Gasteiger partial charge in [-0.1, -0.05) is 33.6 Å². The fourth-order valence-corrected chi connectivity index (χ4v) is 2.02. The van der Waals surface area contributed by atoms with Gasteiger partial charge < -0.3 is 10.6 Å². The number of benzene rings is 2. The van der Waals surface area contributed by atoms with Crippen molar-refractivity contribution >= 4 is 50.7 Å². The molecule has 2 amide bonds. The topological polar surface area (TPSA) is 58.2 Å². The SMILES string of the molecule is Cc1ccc(NC(=O)C(=O)Nc2ccc(Br)cc2)cc1Cl. The number of nitrogens with one attached hydrogen (secondary N) is 2. The third-order valence-corrected chi connectivity index (χ3v) is 3.67. The Morgan fingerprint density at radius 2 is 1.48 bits per heavy atom. The summed E-state index contributed by atoms with van der Waals surface area (Å²) in [6.45, 7) is 1.86. The Morgan fingerprint density at radius 1 is 0.952 bits per heavy atom. The molecule has 0 aliphatic heterocycles. The molecule has 6 heteroatoms. The Bertz CT molecular complexity index is 687. The summed E-state index contributed by atoms with van der Waals surface area (Å²) in [5.74, 6) is -1.49. The van der Waals surface area contributed by atoms with E-state index in [2.05, 4.69) is 26.6 Å².